The van der Waals surface area contributed by atoms with Crippen LogP contribution in [0.25, 0.3) is 0 Å². The standard InChI is InChI=1S/C16H17NO3/c1-20-14-9-7-13(8-10-14)17-16(19)15(18)11-12-5-3-2-4-6-12/h2-10,15,18H,11H2,1H3,(H,17,19)/t15-/m0/s1. The summed E-state index contributed by atoms with van der Waals surface area (Å²) >= 11 is 0. The summed E-state index contributed by atoms with van der Waals surface area (Å²) < 4.78 is 5.04. The van der Waals surface area contributed by atoms with E-state index >= 15 is 0 Å². The molecule has 104 valence electrons. The number of hydrogen-bond acceptors (Lipinski definition) is 3. The van der Waals surface area contributed by atoms with E-state index in [1.807, 2.05) is 30.3 Å². The first-order valence-electron chi connectivity index (χ1n) is 6.36. The summed E-state index contributed by atoms with van der Waals surface area (Å²) in [4.78, 5) is 11.9. The van der Waals surface area contributed by atoms with E-state index in [9.17, 15) is 9.90 Å². The highest BCUT2D eigenvalue weighted by atomic mass is 16.5. The number of rotatable bonds is 5. The Morgan fingerprint density at radius 2 is 1.80 bits per heavy atom. The number of methoxy groups -OCH3 is 1. The molecule has 0 saturated heterocycles. The molecule has 0 spiro atoms. The summed E-state index contributed by atoms with van der Waals surface area (Å²) in [5, 5.41) is 12.6. The number of aliphatic hydroxyl groups excluding tert-OH is 1. The second-order valence-corrected chi connectivity index (χ2v) is 4.42. The van der Waals surface area contributed by atoms with Gasteiger partial charge in [-0.3, -0.25) is 4.79 Å². The number of ether oxygens (including phenoxy) is 1. The maximum Gasteiger partial charge on any atom is 0.253 e. The molecule has 4 nitrogen and oxygen atoms in total. The predicted molar refractivity (Wildman–Crippen MR) is 77.8 cm³/mol. The van der Waals surface area contributed by atoms with Gasteiger partial charge in [-0.1, -0.05) is 30.3 Å². The van der Waals surface area contributed by atoms with Crippen LogP contribution in [0.5, 0.6) is 5.75 Å². The Balaban J connectivity index is 1.93. The minimum Gasteiger partial charge on any atom is -0.497 e. The zero-order chi connectivity index (χ0) is 14.4. The van der Waals surface area contributed by atoms with Crippen LogP contribution < -0.4 is 10.1 Å². The normalized spacial score (nSPS) is 11.7. The van der Waals surface area contributed by atoms with Crippen molar-refractivity contribution in [2.75, 3.05) is 12.4 Å². The molecule has 20 heavy (non-hydrogen) atoms. The molecule has 0 fully saturated rings. The van der Waals surface area contributed by atoms with Gasteiger partial charge in [0.15, 0.2) is 0 Å². The summed E-state index contributed by atoms with van der Waals surface area (Å²) in [6, 6.07) is 16.4. The van der Waals surface area contributed by atoms with E-state index in [0.29, 0.717) is 17.9 Å². The minimum atomic E-state index is -1.07. The Labute approximate surface area is 118 Å². The molecule has 2 aromatic rings. The average molecular weight is 271 g/mol. The van der Waals surface area contributed by atoms with E-state index in [1.165, 1.54) is 0 Å². The fourth-order valence-corrected chi connectivity index (χ4v) is 1.83. The van der Waals surface area contributed by atoms with Gasteiger partial charge in [0, 0.05) is 12.1 Å². The van der Waals surface area contributed by atoms with Crippen LogP contribution in [0, 0.1) is 0 Å². The van der Waals surface area contributed by atoms with Gasteiger partial charge in [-0.25, -0.2) is 0 Å². The zero-order valence-electron chi connectivity index (χ0n) is 11.2. The molecule has 1 amide bonds. The van der Waals surface area contributed by atoms with E-state index in [4.69, 9.17) is 4.74 Å². The second kappa shape index (κ2) is 6.73. The van der Waals surface area contributed by atoms with Crippen molar-refractivity contribution < 1.29 is 14.6 Å². The molecule has 0 bridgehead atoms. The van der Waals surface area contributed by atoms with Crippen molar-refractivity contribution in [2.24, 2.45) is 0 Å². The molecule has 2 rings (SSSR count). The summed E-state index contributed by atoms with van der Waals surface area (Å²) in [5.74, 6) is 0.298. The summed E-state index contributed by atoms with van der Waals surface area (Å²) in [6.45, 7) is 0. The number of hydrogen-bond donors (Lipinski definition) is 2. The number of carbonyl (C=O) groups excluding carboxylic acids is 1. The lowest BCUT2D eigenvalue weighted by Crippen LogP contribution is -2.29. The maximum absolute atomic E-state index is 11.9. The van der Waals surface area contributed by atoms with Crippen LogP contribution in [0.4, 0.5) is 5.69 Å². The van der Waals surface area contributed by atoms with Crippen LogP contribution in [-0.2, 0) is 11.2 Å². The average Bonchev–Trinajstić information content (AvgIpc) is 2.49. The number of nitrogens with one attached hydrogen (secondary N) is 1. The molecule has 0 aliphatic carbocycles. The van der Waals surface area contributed by atoms with Crippen LogP contribution in [0.15, 0.2) is 54.6 Å². The van der Waals surface area contributed by atoms with Gasteiger partial charge in [-0.05, 0) is 29.8 Å². The first-order valence-corrected chi connectivity index (χ1v) is 6.36. The minimum absolute atomic E-state index is 0.294. The lowest BCUT2D eigenvalue weighted by Gasteiger charge is -2.11. The third-order valence-electron chi connectivity index (χ3n) is 2.93. The number of aliphatic hydroxyl groups is 1. The first-order chi connectivity index (χ1) is 9.69. The predicted octanol–water partition coefficient (Wildman–Crippen LogP) is 2.24. The number of amides is 1. The van der Waals surface area contributed by atoms with Gasteiger partial charge in [-0.2, -0.15) is 0 Å². The quantitative estimate of drug-likeness (QED) is 0.876. The lowest BCUT2D eigenvalue weighted by atomic mass is 10.1. The highest BCUT2D eigenvalue weighted by Crippen LogP contribution is 2.15. The Bertz CT molecular complexity index is 552. The number of anilines is 1. The molecule has 1 atom stereocenters. The van der Waals surface area contributed by atoms with Crippen LogP contribution >= 0.6 is 0 Å². The van der Waals surface area contributed by atoms with Gasteiger partial charge in [0.25, 0.3) is 5.91 Å². The smallest absolute Gasteiger partial charge is 0.253 e. The molecule has 0 radical (unpaired) electrons. The van der Waals surface area contributed by atoms with E-state index in [2.05, 4.69) is 5.32 Å². The van der Waals surface area contributed by atoms with E-state index in [1.54, 1.807) is 31.4 Å². The summed E-state index contributed by atoms with van der Waals surface area (Å²) in [5.41, 5.74) is 1.55. The van der Waals surface area contributed by atoms with Crippen molar-refractivity contribution in [1.82, 2.24) is 0 Å². The topological polar surface area (TPSA) is 58.6 Å². The van der Waals surface area contributed by atoms with Crippen LogP contribution in [0.2, 0.25) is 0 Å². The van der Waals surface area contributed by atoms with Crippen molar-refractivity contribution >= 4 is 11.6 Å². The van der Waals surface area contributed by atoms with Crippen molar-refractivity contribution in [1.29, 1.82) is 0 Å². The molecule has 0 aliphatic rings. The third kappa shape index (κ3) is 3.83. The van der Waals surface area contributed by atoms with E-state index < -0.39 is 12.0 Å². The Morgan fingerprint density at radius 1 is 1.15 bits per heavy atom. The van der Waals surface area contributed by atoms with Crippen molar-refractivity contribution in [2.45, 2.75) is 12.5 Å². The Hall–Kier alpha value is -2.33. The van der Waals surface area contributed by atoms with Crippen LogP contribution in [0.3, 0.4) is 0 Å². The van der Waals surface area contributed by atoms with E-state index in [-0.39, 0.29) is 0 Å². The summed E-state index contributed by atoms with van der Waals surface area (Å²) in [6.07, 6.45) is -0.775. The molecule has 2 N–H and O–H groups in total. The van der Waals surface area contributed by atoms with Gasteiger partial charge < -0.3 is 15.2 Å². The molecule has 0 aromatic heterocycles. The summed E-state index contributed by atoms with van der Waals surface area (Å²) in [7, 11) is 1.58. The highest BCUT2D eigenvalue weighted by molar-refractivity contribution is 5.94. The first kappa shape index (κ1) is 14.1. The molecule has 0 unspecified atom stereocenters. The van der Waals surface area contributed by atoms with Crippen LogP contribution in [-0.4, -0.2) is 24.2 Å². The zero-order valence-corrected chi connectivity index (χ0v) is 11.2. The number of benzene rings is 2. The van der Waals surface area contributed by atoms with Gasteiger partial charge in [-0.15, -0.1) is 0 Å². The molecule has 4 heteroatoms. The molecular formula is C16H17NO3. The maximum atomic E-state index is 11.9. The second-order valence-electron chi connectivity index (χ2n) is 4.42. The molecular weight excluding hydrogens is 254 g/mol. The molecule has 2 aromatic carbocycles. The fourth-order valence-electron chi connectivity index (χ4n) is 1.83. The number of carbonyl (C=O) groups is 1. The van der Waals surface area contributed by atoms with Crippen molar-refractivity contribution in [3.8, 4) is 5.75 Å². The van der Waals surface area contributed by atoms with Crippen molar-refractivity contribution in [3.63, 3.8) is 0 Å². The SMILES string of the molecule is COc1ccc(NC(=O)[C@@H](O)Cc2ccccc2)cc1. The monoisotopic (exact) mass is 271 g/mol. The van der Waals surface area contributed by atoms with Gasteiger partial charge >= 0.3 is 0 Å². The van der Waals surface area contributed by atoms with Crippen LogP contribution in [0.1, 0.15) is 5.56 Å². The van der Waals surface area contributed by atoms with Crippen molar-refractivity contribution in [3.05, 3.63) is 60.2 Å². The van der Waals surface area contributed by atoms with Gasteiger partial charge in [0.2, 0.25) is 0 Å². The third-order valence-corrected chi connectivity index (χ3v) is 2.93. The lowest BCUT2D eigenvalue weighted by molar-refractivity contribution is -0.123. The highest BCUT2D eigenvalue weighted by Gasteiger charge is 2.15. The molecule has 0 heterocycles. The Morgan fingerprint density at radius 3 is 2.40 bits per heavy atom. The Kier molecular flexibility index (Phi) is 4.74. The molecule has 0 aliphatic heterocycles. The van der Waals surface area contributed by atoms with E-state index in [0.717, 1.165) is 5.56 Å². The molecule has 0 saturated carbocycles. The fraction of sp³-hybridized carbons (Fsp3) is 0.188. The van der Waals surface area contributed by atoms with Gasteiger partial charge in [0.1, 0.15) is 11.9 Å². The largest absolute Gasteiger partial charge is 0.497 e. The van der Waals surface area contributed by atoms with Gasteiger partial charge in [0.05, 0.1) is 7.11 Å².